The maximum atomic E-state index is 7.25. The van der Waals surface area contributed by atoms with Crippen LogP contribution in [0.25, 0.3) is 88.6 Å². The van der Waals surface area contributed by atoms with Gasteiger partial charge in [0.15, 0.2) is 0 Å². The molecule has 9 rings (SSSR count). The second-order valence-electron chi connectivity index (χ2n) is 10.7. The van der Waals surface area contributed by atoms with Crippen molar-refractivity contribution in [3.8, 4) is 45.0 Å². The molecule has 0 aliphatic carbocycles. The van der Waals surface area contributed by atoms with Crippen molar-refractivity contribution in [2.45, 2.75) is 0 Å². The molecule has 0 atom stereocenters. The Morgan fingerprint density at radius 3 is 0.822 bits per heavy atom. The first-order valence-electron chi connectivity index (χ1n) is 13.9. The molecule has 0 N–H and O–H groups in total. The predicted molar refractivity (Wildman–Crippen MR) is 183 cm³/mol. The molecule has 9 heteroatoms. The van der Waals surface area contributed by atoms with Crippen LogP contribution in [0.3, 0.4) is 0 Å². The molecular weight excluding hydrogens is 696 g/mol. The molecule has 7 aromatic rings. The summed E-state index contributed by atoms with van der Waals surface area (Å²) in [7, 11) is 0. The summed E-state index contributed by atoms with van der Waals surface area (Å²) in [5.41, 5.74) is 8.03. The minimum absolute atomic E-state index is 0. The summed E-state index contributed by atoms with van der Waals surface area (Å²) < 4.78 is 0. The van der Waals surface area contributed by atoms with Crippen LogP contribution in [0.5, 0.6) is 0 Å². The molecule has 0 fully saturated rings. The van der Waals surface area contributed by atoms with E-state index in [1.165, 1.54) is 0 Å². The first-order chi connectivity index (χ1) is 21.5. The van der Waals surface area contributed by atoms with E-state index < -0.39 is 0 Å². The molecular formula is C36H16Cl4N4Zn. The van der Waals surface area contributed by atoms with Gasteiger partial charge in [-0.15, -0.1) is 22.1 Å². The molecule has 0 saturated carbocycles. The Morgan fingerprint density at radius 1 is 0.356 bits per heavy atom. The summed E-state index contributed by atoms with van der Waals surface area (Å²) in [6.07, 6.45) is 0. The third-order valence-corrected chi connectivity index (χ3v) is 9.74. The van der Waals surface area contributed by atoms with E-state index in [4.69, 9.17) is 66.3 Å². The summed E-state index contributed by atoms with van der Waals surface area (Å²) >= 11 is 29.0. The van der Waals surface area contributed by atoms with Crippen molar-refractivity contribution in [2.75, 3.05) is 0 Å². The number of rotatable bonds is 0. The molecule has 0 unspecified atom stereocenters. The topological polar surface area (TPSA) is 54.0 Å². The quantitative estimate of drug-likeness (QED) is 0.147. The smallest absolute Gasteiger partial charge is 0.654 e. The van der Waals surface area contributed by atoms with Crippen LogP contribution >= 0.6 is 46.4 Å². The van der Waals surface area contributed by atoms with Crippen LogP contribution in [0.15, 0.2) is 97.1 Å². The van der Waals surface area contributed by atoms with Gasteiger partial charge in [0.2, 0.25) is 0 Å². The van der Waals surface area contributed by atoms with E-state index in [0.717, 1.165) is 43.8 Å². The molecule has 210 valence electrons. The average Bonchev–Trinajstić information content (AvgIpc) is 3.84. The Hall–Kier alpha value is -3.70. The maximum Gasteiger partial charge on any atom is 2.00 e. The summed E-state index contributed by atoms with van der Waals surface area (Å²) in [5.74, 6) is 0. The minimum Gasteiger partial charge on any atom is -0.654 e. The van der Waals surface area contributed by atoms with Gasteiger partial charge in [-0.05, 0) is 21.5 Å². The molecule has 0 spiro atoms. The molecule has 2 aliphatic rings. The molecule has 0 saturated heterocycles. The number of hydrogen-bond acceptors (Lipinski definition) is 2. The second-order valence-corrected chi connectivity index (χ2v) is 12.2. The van der Waals surface area contributed by atoms with E-state index in [9.17, 15) is 0 Å². The van der Waals surface area contributed by atoms with Crippen molar-refractivity contribution in [3.63, 3.8) is 0 Å². The van der Waals surface area contributed by atoms with Gasteiger partial charge in [-0.1, -0.05) is 143 Å². The monoisotopic (exact) mass is 708 g/mol. The SMILES string of the molecule is Clc1c2nc(c(Cl)c3[n-]c(c(Cl)c4nc(c(Cl)c5[n-]c1c1ccccc51)-c1ccccc1-4)c1ccccc31)-c1ccccc1-2.[Zn+2]. The Labute approximate surface area is 289 Å². The summed E-state index contributed by atoms with van der Waals surface area (Å²) in [5, 5.41) is 5.01. The van der Waals surface area contributed by atoms with Gasteiger partial charge in [0.25, 0.3) is 0 Å². The van der Waals surface area contributed by atoms with E-state index in [-0.39, 0.29) is 19.5 Å². The van der Waals surface area contributed by atoms with Gasteiger partial charge in [0.1, 0.15) is 0 Å². The van der Waals surface area contributed by atoms with Gasteiger partial charge < -0.3 is 9.97 Å². The van der Waals surface area contributed by atoms with Crippen LogP contribution in [0.1, 0.15) is 0 Å². The largest absolute Gasteiger partial charge is 2.00 e. The third-order valence-electron chi connectivity index (χ3n) is 8.31. The summed E-state index contributed by atoms with van der Waals surface area (Å²) in [6.45, 7) is 0. The molecule has 0 amide bonds. The zero-order valence-electron chi connectivity index (χ0n) is 23.2. The zero-order valence-corrected chi connectivity index (χ0v) is 29.2. The van der Waals surface area contributed by atoms with Crippen molar-refractivity contribution < 1.29 is 19.5 Å². The summed E-state index contributed by atoms with van der Waals surface area (Å²) in [6, 6.07) is 31.5. The number of benzene rings is 4. The number of aromatic nitrogens is 4. The van der Waals surface area contributed by atoms with Gasteiger partial charge in [-0.25, -0.2) is 9.97 Å². The third kappa shape index (κ3) is 4.09. The number of halogens is 4. The molecule has 8 bridgehead atoms. The van der Waals surface area contributed by atoms with Crippen LogP contribution in [-0.2, 0) is 19.5 Å². The van der Waals surface area contributed by atoms with Crippen molar-refractivity contribution in [1.29, 1.82) is 0 Å². The van der Waals surface area contributed by atoms with E-state index in [2.05, 4.69) is 0 Å². The molecule has 2 aliphatic heterocycles. The fraction of sp³-hybridized carbons (Fsp3) is 0. The molecule has 4 nitrogen and oxygen atoms in total. The van der Waals surface area contributed by atoms with Crippen LogP contribution in [0.2, 0.25) is 20.1 Å². The van der Waals surface area contributed by atoms with Crippen LogP contribution in [-0.4, -0.2) is 9.97 Å². The predicted octanol–water partition coefficient (Wildman–Crippen LogP) is 11.2. The van der Waals surface area contributed by atoms with Crippen molar-refractivity contribution >= 4 is 90.0 Å². The summed E-state index contributed by atoms with van der Waals surface area (Å²) in [4.78, 5) is 20.2. The van der Waals surface area contributed by atoms with Gasteiger partial charge in [0, 0.05) is 22.3 Å². The molecule has 45 heavy (non-hydrogen) atoms. The Morgan fingerprint density at radius 2 is 0.578 bits per heavy atom. The van der Waals surface area contributed by atoms with Crippen molar-refractivity contribution in [2.24, 2.45) is 0 Å². The Balaban J connectivity index is 0.00000300. The Kier molecular flexibility index (Phi) is 6.83. The van der Waals surface area contributed by atoms with E-state index in [0.29, 0.717) is 64.9 Å². The molecule has 3 aromatic heterocycles. The van der Waals surface area contributed by atoms with E-state index in [1.54, 1.807) is 0 Å². The number of hydrogen-bond donors (Lipinski definition) is 0. The van der Waals surface area contributed by atoms with Crippen LogP contribution in [0, 0.1) is 0 Å². The zero-order chi connectivity index (χ0) is 29.7. The van der Waals surface area contributed by atoms with Gasteiger partial charge in [-0.2, -0.15) is 0 Å². The first-order valence-corrected chi connectivity index (χ1v) is 15.4. The molecule has 0 radical (unpaired) electrons. The first kappa shape index (κ1) is 28.8. The van der Waals surface area contributed by atoms with Gasteiger partial charge >= 0.3 is 19.5 Å². The fourth-order valence-electron chi connectivity index (χ4n) is 6.30. The van der Waals surface area contributed by atoms with E-state index in [1.807, 2.05) is 97.1 Å². The molecule has 5 heterocycles. The normalized spacial score (nSPS) is 11.8. The van der Waals surface area contributed by atoms with Crippen LogP contribution in [0.4, 0.5) is 0 Å². The number of nitrogens with zero attached hydrogens (tertiary/aromatic N) is 4. The van der Waals surface area contributed by atoms with Gasteiger partial charge in [-0.3, -0.25) is 0 Å². The second kappa shape index (κ2) is 10.7. The van der Waals surface area contributed by atoms with Crippen molar-refractivity contribution in [1.82, 2.24) is 19.9 Å². The minimum atomic E-state index is 0. The standard InChI is InChI=1S/C36H16Cl4N4.Zn/c37-25-29-17-9-1-2-10-18(17)30(41-29)26(38)32-21-13-5-6-14-22(21)34(43-32)28(40)36-24-16-8-7-15-23(24)35(44-36)27(39)33-20-12-4-3-11-19(20)31(25)42-33;/h1-16H;/q-2;+2. The van der Waals surface area contributed by atoms with Gasteiger partial charge in [0.05, 0.1) is 42.9 Å². The average molecular weight is 712 g/mol. The van der Waals surface area contributed by atoms with Crippen molar-refractivity contribution in [3.05, 3.63) is 117 Å². The van der Waals surface area contributed by atoms with E-state index >= 15 is 0 Å². The molecule has 4 aromatic carbocycles. The Bertz CT molecular complexity index is 2230. The maximum absolute atomic E-state index is 7.25. The number of fused-ring (bicyclic) bond motifs is 20. The van der Waals surface area contributed by atoms with Crippen LogP contribution < -0.4 is 9.97 Å². The fourth-order valence-corrected chi connectivity index (χ4v) is 7.45.